The highest BCUT2D eigenvalue weighted by Crippen LogP contribution is 2.65. The minimum atomic E-state index is -2.64. The third kappa shape index (κ3) is 4.26. The first-order chi connectivity index (χ1) is 20.5. The predicted octanol–water partition coefficient (Wildman–Crippen LogP) is 6.06. The van der Waals surface area contributed by atoms with E-state index < -0.39 is 56.8 Å². The molecule has 44 heavy (non-hydrogen) atoms. The molecule has 3 aliphatic carbocycles. The highest BCUT2D eigenvalue weighted by Gasteiger charge is 2.71. The van der Waals surface area contributed by atoms with Gasteiger partial charge in [-0.2, -0.15) is 0 Å². The standard InChI is InChI=1S/C37H40O7/c1-19(2)24-16-23(15-11-14-22-12-9-8-10-13-22)30(39)27-25(24)17-35(6)18-36(7)28(20(3)4)31(40)26(21(5)38)33(42)37(36,44)34(43)29(35)32(27)41/h8-10,12-13,16,19-20,28,39-40,43-44H,14,17-18H2,1-7H3/t28?,35-,36-,37+/m1/s1. The van der Waals surface area contributed by atoms with Gasteiger partial charge in [-0.1, -0.05) is 83.7 Å². The first-order valence-corrected chi connectivity index (χ1v) is 15.1. The molecule has 0 bridgehead atoms. The molecular weight excluding hydrogens is 556 g/mol. The molecule has 0 saturated heterocycles. The lowest BCUT2D eigenvalue weighted by atomic mass is 9.44. The van der Waals surface area contributed by atoms with E-state index in [1.165, 1.54) is 0 Å². The van der Waals surface area contributed by atoms with Crippen LogP contribution in [-0.4, -0.2) is 43.4 Å². The normalized spacial score (nSPS) is 28.0. The van der Waals surface area contributed by atoms with Gasteiger partial charge in [-0.05, 0) is 54.4 Å². The van der Waals surface area contributed by atoms with Gasteiger partial charge in [0, 0.05) is 28.7 Å². The lowest BCUT2D eigenvalue weighted by Gasteiger charge is -2.59. The van der Waals surface area contributed by atoms with Crippen LogP contribution >= 0.6 is 0 Å². The molecule has 7 heteroatoms. The van der Waals surface area contributed by atoms with Crippen molar-refractivity contribution in [3.63, 3.8) is 0 Å². The van der Waals surface area contributed by atoms with Gasteiger partial charge in [0.15, 0.2) is 17.2 Å². The van der Waals surface area contributed by atoms with E-state index in [2.05, 4.69) is 11.8 Å². The molecular formula is C37H40O7. The zero-order valence-electron chi connectivity index (χ0n) is 26.3. The van der Waals surface area contributed by atoms with E-state index in [1.54, 1.807) is 6.92 Å². The van der Waals surface area contributed by atoms with Crippen molar-refractivity contribution < 1.29 is 34.8 Å². The summed E-state index contributed by atoms with van der Waals surface area (Å²) in [5.41, 5.74) is -3.13. The fourth-order valence-corrected chi connectivity index (χ4v) is 8.28. The van der Waals surface area contributed by atoms with E-state index in [0.29, 0.717) is 12.0 Å². The van der Waals surface area contributed by atoms with E-state index in [0.717, 1.165) is 18.1 Å². The zero-order chi connectivity index (χ0) is 32.5. The minimum absolute atomic E-state index is 0.000267. The Morgan fingerprint density at radius 3 is 2.25 bits per heavy atom. The number of aliphatic hydroxyl groups is 3. The van der Waals surface area contributed by atoms with Gasteiger partial charge in [0.1, 0.15) is 22.8 Å². The molecule has 5 rings (SSSR count). The van der Waals surface area contributed by atoms with E-state index in [-0.39, 0.29) is 47.1 Å². The third-order valence-electron chi connectivity index (χ3n) is 10.0. The average Bonchev–Trinajstić information content (AvgIpc) is 2.92. The van der Waals surface area contributed by atoms with Crippen molar-refractivity contribution in [1.29, 1.82) is 0 Å². The molecule has 0 fully saturated rings. The van der Waals surface area contributed by atoms with Gasteiger partial charge in [0.25, 0.3) is 0 Å². The van der Waals surface area contributed by atoms with Crippen molar-refractivity contribution in [3.05, 3.63) is 86.9 Å². The van der Waals surface area contributed by atoms with Crippen molar-refractivity contribution in [2.75, 3.05) is 0 Å². The summed E-state index contributed by atoms with van der Waals surface area (Å²) in [5, 5.41) is 46.9. The number of fused-ring (bicyclic) bond motifs is 3. The minimum Gasteiger partial charge on any atom is -0.511 e. The first-order valence-electron chi connectivity index (χ1n) is 15.1. The van der Waals surface area contributed by atoms with Gasteiger partial charge in [-0.3, -0.25) is 14.4 Å². The van der Waals surface area contributed by atoms with E-state index in [1.807, 2.05) is 71.0 Å². The lowest BCUT2D eigenvalue weighted by molar-refractivity contribution is -0.171. The Morgan fingerprint density at radius 2 is 1.68 bits per heavy atom. The number of ketones is 3. The highest BCUT2D eigenvalue weighted by atomic mass is 16.3. The zero-order valence-corrected chi connectivity index (χ0v) is 26.3. The predicted molar refractivity (Wildman–Crippen MR) is 166 cm³/mol. The molecule has 230 valence electrons. The highest BCUT2D eigenvalue weighted by molar-refractivity contribution is 6.25. The second-order valence-corrected chi connectivity index (χ2v) is 13.8. The fraction of sp³-hybridized carbons (Fsp3) is 0.432. The maximum Gasteiger partial charge on any atom is 0.209 e. The van der Waals surface area contributed by atoms with Crippen LogP contribution in [-0.2, 0) is 22.4 Å². The van der Waals surface area contributed by atoms with Crippen molar-refractivity contribution in [3.8, 4) is 17.6 Å². The van der Waals surface area contributed by atoms with Crippen LogP contribution in [0.25, 0.3) is 0 Å². The second kappa shape index (κ2) is 10.5. The van der Waals surface area contributed by atoms with Crippen molar-refractivity contribution in [2.45, 2.75) is 79.2 Å². The summed E-state index contributed by atoms with van der Waals surface area (Å²) in [6.07, 6.45) is 0.735. The van der Waals surface area contributed by atoms with Crippen LogP contribution in [0.1, 0.15) is 93.4 Å². The van der Waals surface area contributed by atoms with E-state index in [9.17, 15) is 34.8 Å². The maximum absolute atomic E-state index is 14.5. The molecule has 0 aliphatic heterocycles. The summed E-state index contributed by atoms with van der Waals surface area (Å²) in [7, 11) is 0. The average molecular weight is 597 g/mol. The number of hydrogen-bond acceptors (Lipinski definition) is 7. The molecule has 2 aromatic carbocycles. The van der Waals surface area contributed by atoms with Gasteiger partial charge in [-0.15, -0.1) is 0 Å². The molecule has 0 heterocycles. The fourth-order valence-electron chi connectivity index (χ4n) is 8.28. The smallest absolute Gasteiger partial charge is 0.209 e. The molecule has 0 amide bonds. The van der Waals surface area contributed by atoms with Gasteiger partial charge in [0.05, 0.1) is 11.1 Å². The molecule has 4 N–H and O–H groups in total. The molecule has 7 nitrogen and oxygen atoms in total. The number of carbonyl (C=O) groups is 3. The summed E-state index contributed by atoms with van der Waals surface area (Å²) < 4.78 is 0. The van der Waals surface area contributed by atoms with E-state index >= 15 is 0 Å². The molecule has 2 aromatic rings. The van der Waals surface area contributed by atoms with Crippen LogP contribution in [0.4, 0.5) is 0 Å². The third-order valence-corrected chi connectivity index (χ3v) is 10.0. The topological polar surface area (TPSA) is 132 Å². The molecule has 1 unspecified atom stereocenters. The first kappa shape index (κ1) is 31.3. The Hall–Kier alpha value is -4.15. The Morgan fingerprint density at radius 1 is 1.05 bits per heavy atom. The Balaban J connectivity index is 1.74. The van der Waals surface area contributed by atoms with Crippen LogP contribution in [0.3, 0.4) is 0 Å². The summed E-state index contributed by atoms with van der Waals surface area (Å²) in [6.45, 7) is 12.2. The Kier molecular flexibility index (Phi) is 7.46. The summed E-state index contributed by atoms with van der Waals surface area (Å²) in [5.74, 6) is 0.800. The molecule has 0 spiro atoms. The molecule has 0 radical (unpaired) electrons. The second-order valence-electron chi connectivity index (χ2n) is 13.8. The number of carbonyl (C=O) groups excluding carboxylic acids is 3. The molecule has 4 atom stereocenters. The van der Waals surface area contributed by atoms with Gasteiger partial charge >= 0.3 is 0 Å². The molecule has 3 aliphatic rings. The van der Waals surface area contributed by atoms with Crippen LogP contribution in [0.5, 0.6) is 5.75 Å². The number of hydrogen-bond donors (Lipinski definition) is 4. The van der Waals surface area contributed by atoms with Gasteiger partial charge in [-0.25, -0.2) is 0 Å². The molecule has 0 saturated carbocycles. The number of Topliss-reactive ketones (excluding diaryl/α,β-unsaturated/α-hetero) is 3. The van der Waals surface area contributed by atoms with Crippen LogP contribution in [0.2, 0.25) is 0 Å². The summed E-state index contributed by atoms with van der Waals surface area (Å²) in [6, 6.07) is 11.5. The number of phenols is 1. The van der Waals surface area contributed by atoms with Gasteiger partial charge in [0.2, 0.25) is 5.78 Å². The number of aliphatic hydroxyl groups excluding tert-OH is 2. The van der Waals surface area contributed by atoms with Crippen molar-refractivity contribution >= 4 is 17.3 Å². The number of rotatable bonds is 4. The quantitative estimate of drug-likeness (QED) is 0.249. The SMILES string of the molecule is CC(=O)C1=C(O)C(C(C)C)[C@@]2(C)C[C@@]3(C)Cc4c(C(C)C)cc(C#CCc5ccccc5)c(O)c4C(=O)C3=C(O)[C@@]2(O)C1=O. The number of allylic oxidation sites excluding steroid dienone is 2. The largest absolute Gasteiger partial charge is 0.511 e. The summed E-state index contributed by atoms with van der Waals surface area (Å²) in [4.78, 5) is 40.9. The Bertz CT molecular complexity index is 1730. The Labute approximate surface area is 258 Å². The summed E-state index contributed by atoms with van der Waals surface area (Å²) >= 11 is 0. The number of benzene rings is 2. The van der Waals surface area contributed by atoms with Crippen molar-refractivity contribution in [2.24, 2.45) is 22.7 Å². The maximum atomic E-state index is 14.5. The number of aromatic hydroxyl groups is 1. The van der Waals surface area contributed by atoms with Crippen molar-refractivity contribution in [1.82, 2.24) is 0 Å². The molecule has 0 aromatic heterocycles. The lowest BCUT2D eigenvalue weighted by Crippen LogP contribution is -2.67. The number of phenolic OH excluding ortho intramolecular Hbond substituents is 1. The monoisotopic (exact) mass is 596 g/mol. The van der Waals surface area contributed by atoms with Crippen LogP contribution in [0, 0.1) is 34.5 Å². The van der Waals surface area contributed by atoms with Gasteiger partial charge < -0.3 is 20.4 Å². The van der Waals surface area contributed by atoms with Crippen LogP contribution in [0.15, 0.2) is 59.1 Å². The van der Waals surface area contributed by atoms with Crippen LogP contribution < -0.4 is 0 Å². The van der Waals surface area contributed by atoms with E-state index in [4.69, 9.17) is 0 Å².